The Labute approximate surface area is 162 Å². The van der Waals surface area contributed by atoms with Crippen molar-refractivity contribution in [2.24, 2.45) is 5.92 Å². The summed E-state index contributed by atoms with van der Waals surface area (Å²) in [5.41, 5.74) is 0.529. The third-order valence-corrected chi connectivity index (χ3v) is 5.23. The van der Waals surface area contributed by atoms with Crippen LogP contribution in [-0.2, 0) is 11.3 Å². The first kappa shape index (κ1) is 19.9. The lowest BCUT2D eigenvalue weighted by Gasteiger charge is -2.31. The van der Waals surface area contributed by atoms with Gasteiger partial charge in [0.05, 0.1) is 12.6 Å². The molecule has 0 bridgehead atoms. The average Bonchev–Trinajstić information content (AvgIpc) is 3.12. The number of nitrogens with one attached hydrogen (secondary N) is 1. The van der Waals surface area contributed by atoms with Crippen LogP contribution in [0.5, 0.6) is 0 Å². The van der Waals surface area contributed by atoms with Crippen molar-refractivity contribution in [3.63, 3.8) is 0 Å². The highest BCUT2D eigenvalue weighted by Gasteiger charge is 2.22. The highest BCUT2D eigenvalue weighted by atomic mass is 32.1. The standard InChI is InChI=1S/C19H25FN4O2S/c1-13(2)12-26-16-7-9-24(10-8-16)11-17-22-23-19(27-17)18(25)21-15-5-3-14(20)4-6-15/h3-6,13,16H,7-12H2,1-2H3,(H,21,25). The molecule has 2 aromatic rings. The van der Waals surface area contributed by atoms with Gasteiger partial charge in [-0.3, -0.25) is 9.69 Å². The number of nitrogens with zero attached hydrogens (tertiary/aromatic N) is 3. The van der Waals surface area contributed by atoms with Crippen molar-refractivity contribution in [2.75, 3.05) is 25.0 Å². The summed E-state index contributed by atoms with van der Waals surface area (Å²) < 4.78 is 18.8. The maximum absolute atomic E-state index is 12.9. The van der Waals surface area contributed by atoms with Gasteiger partial charge in [-0.25, -0.2) is 4.39 Å². The first-order valence-corrected chi connectivity index (χ1v) is 10.0. The number of aromatic nitrogens is 2. The van der Waals surface area contributed by atoms with Crippen LogP contribution in [0.15, 0.2) is 24.3 Å². The topological polar surface area (TPSA) is 67.3 Å². The molecule has 6 nitrogen and oxygen atoms in total. The molecular formula is C19H25FN4O2S. The highest BCUT2D eigenvalue weighted by molar-refractivity contribution is 7.13. The number of hydrogen-bond acceptors (Lipinski definition) is 6. The Morgan fingerprint density at radius 1 is 1.30 bits per heavy atom. The third kappa shape index (κ3) is 6.05. The normalized spacial score (nSPS) is 16.0. The number of hydrogen-bond donors (Lipinski definition) is 1. The van der Waals surface area contributed by atoms with Gasteiger partial charge in [0, 0.05) is 25.4 Å². The summed E-state index contributed by atoms with van der Waals surface area (Å²) in [6.45, 7) is 7.74. The number of amides is 1. The van der Waals surface area contributed by atoms with Gasteiger partial charge >= 0.3 is 0 Å². The molecule has 1 amide bonds. The average molecular weight is 393 g/mol. The third-order valence-electron chi connectivity index (χ3n) is 4.32. The second-order valence-corrected chi connectivity index (χ2v) is 8.23. The molecular weight excluding hydrogens is 367 g/mol. The minimum absolute atomic E-state index is 0.310. The second-order valence-electron chi connectivity index (χ2n) is 7.16. The summed E-state index contributed by atoms with van der Waals surface area (Å²) in [4.78, 5) is 14.6. The van der Waals surface area contributed by atoms with E-state index in [-0.39, 0.29) is 11.7 Å². The van der Waals surface area contributed by atoms with E-state index in [4.69, 9.17) is 4.74 Å². The van der Waals surface area contributed by atoms with Gasteiger partial charge in [0.15, 0.2) is 0 Å². The quantitative estimate of drug-likeness (QED) is 0.780. The largest absolute Gasteiger partial charge is 0.378 e. The molecule has 1 aliphatic rings. The fourth-order valence-electron chi connectivity index (χ4n) is 2.88. The van der Waals surface area contributed by atoms with Crippen molar-refractivity contribution in [3.05, 3.63) is 40.1 Å². The summed E-state index contributed by atoms with van der Waals surface area (Å²) in [7, 11) is 0. The number of carbonyl (C=O) groups excluding carboxylic acids is 1. The Bertz CT molecular complexity index is 742. The number of ether oxygens (including phenoxy) is 1. The van der Waals surface area contributed by atoms with Crippen molar-refractivity contribution >= 4 is 22.9 Å². The van der Waals surface area contributed by atoms with Crippen molar-refractivity contribution in [3.8, 4) is 0 Å². The number of anilines is 1. The van der Waals surface area contributed by atoms with Crippen molar-refractivity contribution in [1.82, 2.24) is 15.1 Å². The summed E-state index contributed by atoms with van der Waals surface area (Å²) in [6.07, 6.45) is 2.38. The maximum Gasteiger partial charge on any atom is 0.286 e. The zero-order valence-electron chi connectivity index (χ0n) is 15.7. The Morgan fingerprint density at radius 3 is 2.67 bits per heavy atom. The number of carbonyl (C=O) groups is 1. The van der Waals surface area contributed by atoms with Gasteiger partial charge in [0.1, 0.15) is 10.8 Å². The van der Waals surface area contributed by atoms with Gasteiger partial charge in [-0.2, -0.15) is 0 Å². The van der Waals surface area contributed by atoms with Crippen LogP contribution in [0.2, 0.25) is 0 Å². The molecule has 27 heavy (non-hydrogen) atoms. The molecule has 1 saturated heterocycles. The molecule has 146 valence electrons. The van der Waals surface area contributed by atoms with Crippen LogP contribution < -0.4 is 5.32 Å². The lowest BCUT2D eigenvalue weighted by molar-refractivity contribution is -0.00588. The highest BCUT2D eigenvalue weighted by Crippen LogP contribution is 2.19. The van der Waals surface area contributed by atoms with Gasteiger partial charge in [-0.15, -0.1) is 10.2 Å². The SMILES string of the molecule is CC(C)COC1CCN(Cc2nnc(C(=O)Nc3ccc(F)cc3)s2)CC1. The van der Waals surface area contributed by atoms with Crippen LogP contribution in [0.1, 0.15) is 41.5 Å². The van der Waals surface area contributed by atoms with Gasteiger partial charge < -0.3 is 10.1 Å². The van der Waals surface area contributed by atoms with E-state index in [0.717, 1.165) is 37.5 Å². The van der Waals surface area contributed by atoms with Crippen LogP contribution in [0.25, 0.3) is 0 Å². The van der Waals surface area contributed by atoms with Crippen molar-refractivity contribution in [2.45, 2.75) is 39.3 Å². The summed E-state index contributed by atoms with van der Waals surface area (Å²) in [6, 6.07) is 5.63. The molecule has 1 aromatic heterocycles. The second kappa shape index (κ2) is 9.34. The molecule has 2 heterocycles. The molecule has 0 saturated carbocycles. The van der Waals surface area contributed by atoms with E-state index in [1.165, 1.54) is 35.6 Å². The van der Waals surface area contributed by atoms with E-state index >= 15 is 0 Å². The van der Waals surface area contributed by atoms with E-state index in [9.17, 15) is 9.18 Å². The molecule has 1 N–H and O–H groups in total. The van der Waals surface area contributed by atoms with E-state index in [2.05, 4.69) is 34.3 Å². The zero-order chi connectivity index (χ0) is 19.2. The smallest absolute Gasteiger partial charge is 0.286 e. The van der Waals surface area contributed by atoms with Crippen LogP contribution >= 0.6 is 11.3 Å². The predicted molar refractivity (Wildman–Crippen MR) is 103 cm³/mol. The van der Waals surface area contributed by atoms with E-state index in [0.29, 0.717) is 29.3 Å². The van der Waals surface area contributed by atoms with Gasteiger partial charge in [-0.1, -0.05) is 25.2 Å². The lowest BCUT2D eigenvalue weighted by Crippen LogP contribution is -2.37. The van der Waals surface area contributed by atoms with Gasteiger partial charge in [0.2, 0.25) is 5.01 Å². The Kier molecular flexibility index (Phi) is 6.87. The molecule has 0 aliphatic carbocycles. The molecule has 1 aromatic carbocycles. The first-order valence-electron chi connectivity index (χ1n) is 9.23. The predicted octanol–water partition coefficient (Wildman–Crippen LogP) is 3.57. The molecule has 0 radical (unpaired) electrons. The number of halogens is 1. The van der Waals surface area contributed by atoms with Crippen LogP contribution in [0.4, 0.5) is 10.1 Å². The number of piperidine rings is 1. The van der Waals surface area contributed by atoms with Gasteiger partial charge in [-0.05, 0) is 43.0 Å². The number of likely N-dealkylation sites (tertiary alicyclic amines) is 1. The zero-order valence-corrected chi connectivity index (χ0v) is 16.5. The van der Waals surface area contributed by atoms with E-state index in [1.807, 2.05) is 0 Å². The number of benzene rings is 1. The molecule has 8 heteroatoms. The molecule has 0 atom stereocenters. The first-order chi connectivity index (χ1) is 13.0. The lowest BCUT2D eigenvalue weighted by atomic mass is 10.1. The molecule has 1 fully saturated rings. The Balaban J connectivity index is 1.47. The summed E-state index contributed by atoms with van der Waals surface area (Å²) >= 11 is 1.29. The van der Waals surface area contributed by atoms with Crippen molar-refractivity contribution in [1.29, 1.82) is 0 Å². The van der Waals surface area contributed by atoms with Crippen LogP contribution in [-0.4, -0.2) is 46.8 Å². The van der Waals surface area contributed by atoms with Crippen molar-refractivity contribution < 1.29 is 13.9 Å². The summed E-state index contributed by atoms with van der Waals surface area (Å²) in [5, 5.41) is 12.0. The molecule has 0 unspecified atom stereocenters. The van der Waals surface area contributed by atoms with Crippen LogP contribution in [0.3, 0.4) is 0 Å². The molecule has 1 aliphatic heterocycles. The summed E-state index contributed by atoms with van der Waals surface area (Å²) in [5.74, 6) is -0.111. The number of rotatable bonds is 7. The minimum Gasteiger partial charge on any atom is -0.378 e. The van der Waals surface area contributed by atoms with E-state index < -0.39 is 0 Å². The van der Waals surface area contributed by atoms with Crippen LogP contribution in [0, 0.1) is 11.7 Å². The fourth-order valence-corrected chi connectivity index (χ4v) is 3.66. The van der Waals surface area contributed by atoms with Gasteiger partial charge in [0.25, 0.3) is 5.91 Å². The molecule has 3 rings (SSSR count). The monoisotopic (exact) mass is 392 g/mol. The maximum atomic E-state index is 12.9. The Morgan fingerprint density at radius 2 is 2.00 bits per heavy atom. The Hall–Kier alpha value is -1.90. The minimum atomic E-state index is -0.343. The van der Waals surface area contributed by atoms with E-state index in [1.54, 1.807) is 0 Å². The molecule has 0 spiro atoms. The fraction of sp³-hybridized carbons (Fsp3) is 0.526.